The number of benzene rings is 2. The van der Waals surface area contributed by atoms with Gasteiger partial charge in [-0.05, 0) is 30.5 Å². The van der Waals surface area contributed by atoms with Crippen LogP contribution in [0.15, 0.2) is 53.7 Å². The molecule has 0 saturated carbocycles. The summed E-state index contributed by atoms with van der Waals surface area (Å²) in [5, 5.41) is 11.7. The summed E-state index contributed by atoms with van der Waals surface area (Å²) < 4.78 is 21.0. The zero-order chi connectivity index (χ0) is 18.5. The number of halogens is 1. The predicted octanol–water partition coefficient (Wildman–Crippen LogP) is 3.07. The third kappa shape index (κ3) is 3.55. The lowest BCUT2D eigenvalue weighted by Crippen LogP contribution is -2.25. The van der Waals surface area contributed by atoms with Crippen molar-refractivity contribution in [2.45, 2.75) is 11.7 Å². The van der Waals surface area contributed by atoms with E-state index >= 15 is 0 Å². The molecular formula is C18H17FN4O2S. The first kappa shape index (κ1) is 17.9. The van der Waals surface area contributed by atoms with Crippen LogP contribution in [-0.4, -0.2) is 34.0 Å². The zero-order valence-corrected chi connectivity index (χ0v) is 15.1. The standard InChI is InChI=1S/C18H17FN4O2S/c1-25-15-10-6-5-9-14(15)23-16(21-22-18(23)26-2)11-20-17(24)12-7-3-4-8-13(12)19/h3-10H,11H2,1-2H3,(H,20,24). The number of nitrogens with one attached hydrogen (secondary N) is 1. The predicted molar refractivity (Wildman–Crippen MR) is 97.3 cm³/mol. The molecule has 134 valence electrons. The van der Waals surface area contributed by atoms with E-state index in [1.807, 2.05) is 35.1 Å². The largest absolute Gasteiger partial charge is 0.495 e. The van der Waals surface area contributed by atoms with Gasteiger partial charge in [0.1, 0.15) is 11.6 Å². The van der Waals surface area contributed by atoms with Crippen molar-refractivity contribution in [3.05, 3.63) is 65.7 Å². The molecule has 0 aliphatic carbocycles. The van der Waals surface area contributed by atoms with Crippen LogP contribution in [0.2, 0.25) is 0 Å². The van der Waals surface area contributed by atoms with E-state index in [1.165, 1.54) is 30.0 Å². The molecule has 26 heavy (non-hydrogen) atoms. The average molecular weight is 372 g/mol. The number of methoxy groups -OCH3 is 1. The molecule has 0 aliphatic rings. The molecule has 0 unspecified atom stereocenters. The molecule has 0 radical (unpaired) electrons. The lowest BCUT2D eigenvalue weighted by molar-refractivity contribution is 0.0945. The summed E-state index contributed by atoms with van der Waals surface area (Å²) in [5.41, 5.74) is 0.750. The lowest BCUT2D eigenvalue weighted by Gasteiger charge is -2.13. The minimum Gasteiger partial charge on any atom is -0.495 e. The van der Waals surface area contributed by atoms with Crippen molar-refractivity contribution in [2.24, 2.45) is 0 Å². The van der Waals surface area contributed by atoms with E-state index in [1.54, 1.807) is 13.2 Å². The Hall–Kier alpha value is -2.87. The van der Waals surface area contributed by atoms with E-state index in [0.717, 1.165) is 5.69 Å². The fraction of sp³-hybridized carbons (Fsp3) is 0.167. The molecule has 0 atom stereocenters. The Bertz CT molecular complexity index is 929. The molecule has 1 amide bonds. The van der Waals surface area contributed by atoms with Gasteiger partial charge in [-0.25, -0.2) is 4.39 Å². The fourth-order valence-electron chi connectivity index (χ4n) is 2.50. The monoisotopic (exact) mass is 372 g/mol. The number of rotatable bonds is 6. The van der Waals surface area contributed by atoms with Gasteiger partial charge in [-0.15, -0.1) is 10.2 Å². The molecule has 3 rings (SSSR count). The van der Waals surface area contributed by atoms with Gasteiger partial charge in [-0.1, -0.05) is 36.0 Å². The van der Waals surface area contributed by atoms with Gasteiger partial charge in [0.25, 0.3) is 5.91 Å². The summed E-state index contributed by atoms with van der Waals surface area (Å²) in [6, 6.07) is 13.3. The van der Waals surface area contributed by atoms with E-state index in [0.29, 0.717) is 16.7 Å². The van der Waals surface area contributed by atoms with Crippen LogP contribution in [0, 0.1) is 5.82 Å². The number of carbonyl (C=O) groups is 1. The van der Waals surface area contributed by atoms with E-state index in [2.05, 4.69) is 15.5 Å². The van der Waals surface area contributed by atoms with Crippen LogP contribution in [-0.2, 0) is 6.54 Å². The first-order valence-electron chi connectivity index (χ1n) is 7.80. The second-order valence-electron chi connectivity index (χ2n) is 5.27. The van der Waals surface area contributed by atoms with Crippen molar-refractivity contribution in [1.82, 2.24) is 20.1 Å². The van der Waals surface area contributed by atoms with Gasteiger partial charge in [0.2, 0.25) is 0 Å². The van der Waals surface area contributed by atoms with Gasteiger partial charge < -0.3 is 10.1 Å². The highest BCUT2D eigenvalue weighted by Crippen LogP contribution is 2.27. The number of hydrogen-bond acceptors (Lipinski definition) is 5. The molecule has 0 fully saturated rings. The first-order valence-corrected chi connectivity index (χ1v) is 9.02. The number of aromatic nitrogens is 3. The number of amides is 1. The average Bonchev–Trinajstić information content (AvgIpc) is 3.09. The van der Waals surface area contributed by atoms with Crippen LogP contribution in [0.25, 0.3) is 5.69 Å². The summed E-state index contributed by atoms with van der Waals surface area (Å²) >= 11 is 1.42. The van der Waals surface area contributed by atoms with Crippen molar-refractivity contribution in [3.63, 3.8) is 0 Å². The molecule has 2 aromatic carbocycles. The topological polar surface area (TPSA) is 69.0 Å². The molecule has 3 aromatic rings. The summed E-state index contributed by atoms with van der Waals surface area (Å²) in [4.78, 5) is 12.2. The van der Waals surface area contributed by atoms with Crippen LogP contribution in [0.4, 0.5) is 4.39 Å². The maximum Gasteiger partial charge on any atom is 0.254 e. The fourth-order valence-corrected chi connectivity index (χ4v) is 3.01. The number of hydrogen-bond donors (Lipinski definition) is 1. The molecule has 0 spiro atoms. The van der Waals surface area contributed by atoms with Crippen molar-refractivity contribution in [2.75, 3.05) is 13.4 Å². The molecule has 1 heterocycles. The highest BCUT2D eigenvalue weighted by atomic mass is 32.2. The molecular weight excluding hydrogens is 355 g/mol. The molecule has 0 aliphatic heterocycles. The quantitative estimate of drug-likeness (QED) is 0.674. The molecule has 0 saturated heterocycles. The van der Waals surface area contributed by atoms with Gasteiger partial charge in [0.15, 0.2) is 11.0 Å². The molecule has 1 aromatic heterocycles. The third-order valence-corrected chi connectivity index (χ3v) is 4.36. The van der Waals surface area contributed by atoms with E-state index in [4.69, 9.17) is 4.74 Å². The summed E-state index contributed by atoms with van der Waals surface area (Å²) in [7, 11) is 1.58. The zero-order valence-electron chi connectivity index (χ0n) is 14.3. The SMILES string of the molecule is COc1ccccc1-n1c(CNC(=O)c2ccccc2F)nnc1SC. The van der Waals surface area contributed by atoms with Gasteiger partial charge in [-0.2, -0.15) is 0 Å². The van der Waals surface area contributed by atoms with Crippen LogP contribution in [0.5, 0.6) is 5.75 Å². The minimum absolute atomic E-state index is 0.0130. The van der Waals surface area contributed by atoms with Crippen molar-refractivity contribution >= 4 is 17.7 Å². The lowest BCUT2D eigenvalue weighted by atomic mass is 10.2. The second kappa shape index (κ2) is 8.01. The smallest absolute Gasteiger partial charge is 0.254 e. The van der Waals surface area contributed by atoms with Crippen molar-refractivity contribution < 1.29 is 13.9 Å². The molecule has 8 heteroatoms. The van der Waals surface area contributed by atoms with E-state index in [9.17, 15) is 9.18 Å². The summed E-state index contributed by atoms with van der Waals surface area (Å²) in [6.07, 6.45) is 1.89. The Morgan fingerprint density at radius 1 is 1.19 bits per heavy atom. The number of para-hydroxylation sites is 2. The van der Waals surface area contributed by atoms with Gasteiger partial charge in [0.05, 0.1) is 24.9 Å². The van der Waals surface area contributed by atoms with Crippen LogP contribution >= 0.6 is 11.8 Å². The van der Waals surface area contributed by atoms with Gasteiger partial charge in [-0.3, -0.25) is 9.36 Å². The Morgan fingerprint density at radius 3 is 2.65 bits per heavy atom. The normalized spacial score (nSPS) is 10.6. The molecule has 0 bridgehead atoms. The molecule has 1 N–H and O–H groups in total. The van der Waals surface area contributed by atoms with Crippen LogP contribution < -0.4 is 10.1 Å². The number of carbonyl (C=O) groups excluding carboxylic acids is 1. The third-order valence-electron chi connectivity index (χ3n) is 3.73. The minimum atomic E-state index is -0.569. The van der Waals surface area contributed by atoms with Crippen LogP contribution in [0.3, 0.4) is 0 Å². The highest BCUT2D eigenvalue weighted by molar-refractivity contribution is 7.98. The van der Waals surface area contributed by atoms with Crippen molar-refractivity contribution in [1.29, 1.82) is 0 Å². The molecule has 6 nitrogen and oxygen atoms in total. The van der Waals surface area contributed by atoms with E-state index in [-0.39, 0.29) is 12.1 Å². The second-order valence-corrected chi connectivity index (χ2v) is 6.05. The highest BCUT2D eigenvalue weighted by Gasteiger charge is 2.18. The maximum absolute atomic E-state index is 13.8. The first-order chi connectivity index (χ1) is 12.7. The number of thioether (sulfide) groups is 1. The Balaban J connectivity index is 1.89. The summed E-state index contributed by atoms with van der Waals surface area (Å²) in [5.74, 6) is 0.0946. The van der Waals surface area contributed by atoms with Gasteiger partial charge >= 0.3 is 0 Å². The van der Waals surface area contributed by atoms with Crippen molar-refractivity contribution in [3.8, 4) is 11.4 Å². The number of ether oxygens (including phenoxy) is 1. The summed E-state index contributed by atoms with van der Waals surface area (Å²) in [6.45, 7) is 0.0960. The Labute approximate surface area is 154 Å². The Kier molecular flexibility index (Phi) is 5.52. The van der Waals surface area contributed by atoms with Gasteiger partial charge in [0, 0.05) is 0 Å². The Morgan fingerprint density at radius 2 is 1.92 bits per heavy atom. The maximum atomic E-state index is 13.8. The van der Waals surface area contributed by atoms with E-state index < -0.39 is 11.7 Å². The number of nitrogens with zero attached hydrogens (tertiary/aromatic N) is 3. The van der Waals surface area contributed by atoms with Crippen LogP contribution in [0.1, 0.15) is 16.2 Å².